The quantitative estimate of drug-likeness (QED) is 0.712. The number of ether oxygens (including phenoxy) is 1. The molecule has 3 aromatic rings. The highest BCUT2D eigenvalue weighted by Crippen LogP contribution is 2.20. The van der Waals surface area contributed by atoms with Crippen LogP contribution >= 0.6 is 0 Å². The number of fused-ring (bicyclic) bond motifs is 1. The average molecular weight is 363 g/mol. The van der Waals surface area contributed by atoms with Gasteiger partial charge in [-0.25, -0.2) is 9.97 Å². The molecule has 3 rings (SSSR count). The summed E-state index contributed by atoms with van der Waals surface area (Å²) in [6.45, 7) is 5.54. The molecule has 6 nitrogen and oxygen atoms in total. The van der Waals surface area contributed by atoms with Crippen LogP contribution in [-0.4, -0.2) is 28.8 Å². The van der Waals surface area contributed by atoms with Crippen LogP contribution in [0.15, 0.2) is 48.7 Å². The molecule has 2 aromatic carbocycles. The molecule has 0 aliphatic heterocycles. The number of ketones is 1. The highest BCUT2D eigenvalue weighted by atomic mass is 16.5. The summed E-state index contributed by atoms with van der Waals surface area (Å²) >= 11 is 0. The normalized spacial score (nSPS) is 11.3. The van der Waals surface area contributed by atoms with Crippen molar-refractivity contribution in [3.05, 3.63) is 59.8 Å². The van der Waals surface area contributed by atoms with Crippen molar-refractivity contribution in [2.24, 2.45) is 5.41 Å². The first-order valence-electron chi connectivity index (χ1n) is 8.55. The van der Waals surface area contributed by atoms with Gasteiger partial charge in [0.1, 0.15) is 0 Å². The minimum Gasteiger partial charge on any atom is -0.480 e. The molecule has 1 N–H and O–H groups in total. The molecule has 27 heavy (non-hydrogen) atoms. The summed E-state index contributed by atoms with van der Waals surface area (Å²) < 4.78 is 5.08. The zero-order valence-corrected chi connectivity index (χ0v) is 15.7. The average Bonchev–Trinajstić information content (AvgIpc) is 2.66. The molecule has 0 aliphatic carbocycles. The predicted octanol–water partition coefficient (Wildman–Crippen LogP) is 3.85. The first-order chi connectivity index (χ1) is 12.8. The van der Waals surface area contributed by atoms with E-state index in [1.54, 1.807) is 42.5 Å². The minimum atomic E-state index is -0.484. The van der Waals surface area contributed by atoms with Crippen LogP contribution in [0.1, 0.15) is 36.7 Å². The predicted molar refractivity (Wildman–Crippen MR) is 104 cm³/mol. The zero-order valence-electron chi connectivity index (χ0n) is 15.7. The molecule has 0 saturated carbocycles. The molecule has 1 aromatic heterocycles. The summed E-state index contributed by atoms with van der Waals surface area (Å²) in [5.74, 6) is 0.185. The Bertz CT molecular complexity index is 1010. The third kappa shape index (κ3) is 4.11. The molecule has 1 heterocycles. The van der Waals surface area contributed by atoms with Crippen molar-refractivity contribution in [2.75, 3.05) is 12.4 Å². The Morgan fingerprint density at radius 2 is 1.63 bits per heavy atom. The molecule has 0 unspecified atom stereocenters. The number of aromatic nitrogens is 2. The third-order valence-corrected chi connectivity index (χ3v) is 4.08. The SMILES string of the molecule is COc1cnc2ccc(C(=O)c3ccc(NC(=O)C(C)(C)C)cc3)cc2n1. The van der Waals surface area contributed by atoms with Crippen molar-refractivity contribution in [1.82, 2.24) is 9.97 Å². The Morgan fingerprint density at radius 3 is 2.26 bits per heavy atom. The fourth-order valence-corrected chi connectivity index (χ4v) is 2.42. The molecule has 0 fully saturated rings. The number of benzene rings is 2. The number of nitrogens with one attached hydrogen (secondary N) is 1. The van der Waals surface area contributed by atoms with Crippen LogP contribution in [0.4, 0.5) is 5.69 Å². The first kappa shape index (κ1) is 18.5. The molecule has 1 amide bonds. The van der Waals surface area contributed by atoms with E-state index in [2.05, 4.69) is 15.3 Å². The Morgan fingerprint density at radius 1 is 0.963 bits per heavy atom. The minimum absolute atomic E-state index is 0.0800. The van der Waals surface area contributed by atoms with E-state index < -0.39 is 5.41 Å². The van der Waals surface area contributed by atoms with Crippen LogP contribution in [-0.2, 0) is 4.79 Å². The van der Waals surface area contributed by atoms with Crippen molar-refractivity contribution in [3.8, 4) is 5.88 Å². The van der Waals surface area contributed by atoms with E-state index >= 15 is 0 Å². The topological polar surface area (TPSA) is 81.2 Å². The molecule has 0 radical (unpaired) electrons. The maximum atomic E-state index is 12.8. The second kappa shape index (κ2) is 7.15. The van der Waals surface area contributed by atoms with Gasteiger partial charge in [0.25, 0.3) is 0 Å². The number of carbonyl (C=O) groups excluding carboxylic acids is 2. The fraction of sp³-hybridized carbons (Fsp3) is 0.238. The number of methoxy groups -OCH3 is 1. The molecule has 138 valence electrons. The monoisotopic (exact) mass is 363 g/mol. The van der Waals surface area contributed by atoms with Crippen LogP contribution in [0.5, 0.6) is 5.88 Å². The Kier molecular flexibility index (Phi) is 4.90. The number of hydrogen-bond acceptors (Lipinski definition) is 5. The maximum Gasteiger partial charge on any atom is 0.232 e. The van der Waals surface area contributed by atoms with Crippen molar-refractivity contribution < 1.29 is 14.3 Å². The smallest absolute Gasteiger partial charge is 0.232 e. The number of rotatable bonds is 4. The van der Waals surface area contributed by atoms with Crippen LogP contribution in [0.25, 0.3) is 11.0 Å². The zero-order chi connectivity index (χ0) is 19.6. The van der Waals surface area contributed by atoms with Crippen molar-refractivity contribution in [3.63, 3.8) is 0 Å². The van der Waals surface area contributed by atoms with E-state index in [4.69, 9.17) is 4.74 Å². The van der Waals surface area contributed by atoms with Gasteiger partial charge in [0.05, 0.1) is 24.3 Å². The molecule has 0 atom stereocenters. The van der Waals surface area contributed by atoms with Crippen LogP contribution in [0.3, 0.4) is 0 Å². The summed E-state index contributed by atoms with van der Waals surface area (Å²) in [6, 6.07) is 12.0. The first-order valence-corrected chi connectivity index (χ1v) is 8.55. The van der Waals surface area contributed by atoms with Crippen molar-refractivity contribution in [2.45, 2.75) is 20.8 Å². The van der Waals surface area contributed by atoms with Gasteiger partial charge in [-0.15, -0.1) is 0 Å². The summed E-state index contributed by atoms with van der Waals surface area (Å²) in [5.41, 5.74) is 2.49. The van der Waals surface area contributed by atoms with E-state index in [9.17, 15) is 9.59 Å². The largest absolute Gasteiger partial charge is 0.480 e. The summed E-state index contributed by atoms with van der Waals surface area (Å²) in [5, 5.41) is 2.84. The van der Waals surface area contributed by atoms with Gasteiger partial charge < -0.3 is 10.1 Å². The second-order valence-electron chi connectivity index (χ2n) is 7.23. The lowest BCUT2D eigenvalue weighted by Gasteiger charge is -2.17. The Balaban J connectivity index is 1.83. The molecule has 0 saturated heterocycles. The number of anilines is 1. The lowest BCUT2D eigenvalue weighted by atomic mass is 9.95. The fourth-order valence-electron chi connectivity index (χ4n) is 2.42. The third-order valence-electron chi connectivity index (χ3n) is 4.08. The summed E-state index contributed by atoms with van der Waals surface area (Å²) in [6.07, 6.45) is 1.54. The lowest BCUT2D eigenvalue weighted by molar-refractivity contribution is -0.123. The van der Waals surface area contributed by atoms with Gasteiger partial charge in [-0.1, -0.05) is 20.8 Å². The van der Waals surface area contributed by atoms with Crippen LogP contribution < -0.4 is 10.1 Å². The van der Waals surface area contributed by atoms with Gasteiger partial charge in [-0.2, -0.15) is 0 Å². The van der Waals surface area contributed by atoms with E-state index in [1.807, 2.05) is 20.8 Å². The van der Waals surface area contributed by atoms with Crippen LogP contribution in [0.2, 0.25) is 0 Å². The second-order valence-corrected chi connectivity index (χ2v) is 7.23. The van der Waals surface area contributed by atoms with Gasteiger partial charge in [-0.3, -0.25) is 9.59 Å². The summed E-state index contributed by atoms with van der Waals surface area (Å²) in [4.78, 5) is 33.4. The van der Waals surface area contributed by atoms with Gasteiger partial charge in [-0.05, 0) is 42.5 Å². The highest BCUT2D eigenvalue weighted by Gasteiger charge is 2.21. The van der Waals surface area contributed by atoms with E-state index in [-0.39, 0.29) is 11.7 Å². The number of nitrogens with zero attached hydrogens (tertiary/aromatic N) is 2. The van der Waals surface area contributed by atoms with Crippen LogP contribution in [0, 0.1) is 5.41 Å². The maximum absolute atomic E-state index is 12.8. The molecule has 0 bridgehead atoms. The van der Waals surface area contributed by atoms with Crippen molar-refractivity contribution in [1.29, 1.82) is 0 Å². The van der Waals surface area contributed by atoms with E-state index in [0.29, 0.717) is 33.7 Å². The molecular weight excluding hydrogens is 342 g/mol. The number of amides is 1. The Labute approximate surface area is 157 Å². The number of hydrogen-bond donors (Lipinski definition) is 1. The number of carbonyl (C=O) groups is 2. The van der Waals surface area contributed by atoms with Crippen molar-refractivity contribution >= 4 is 28.4 Å². The van der Waals surface area contributed by atoms with Gasteiger partial charge >= 0.3 is 0 Å². The highest BCUT2D eigenvalue weighted by molar-refractivity contribution is 6.10. The summed E-state index contributed by atoms with van der Waals surface area (Å²) in [7, 11) is 1.52. The molecule has 0 aliphatic rings. The molecular formula is C21H21N3O3. The molecule has 0 spiro atoms. The van der Waals surface area contributed by atoms with E-state index in [0.717, 1.165) is 0 Å². The van der Waals surface area contributed by atoms with E-state index in [1.165, 1.54) is 13.3 Å². The Hall–Kier alpha value is -3.28. The van der Waals surface area contributed by atoms with Gasteiger partial charge in [0.15, 0.2) is 5.78 Å². The van der Waals surface area contributed by atoms with Gasteiger partial charge in [0, 0.05) is 22.2 Å². The lowest BCUT2D eigenvalue weighted by Crippen LogP contribution is -2.27. The standard InChI is InChI=1S/C21H21N3O3/c1-21(2,3)20(26)23-15-8-5-13(6-9-15)19(25)14-7-10-16-17(11-14)24-18(27-4)12-22-16/h5-12H,1-4H3,(H,23,26). The van der Waals surface area contributed by atoms with Gasteiger partial charge in [0.2, 0.25) is 11.8 Å². The molecule has 6 heteroatoms.